The zero-order valence-corrected chi connectivity index (χ0v) is 10.0. The number of fused-ring (bicyclic) bond motifs is 1. The van der Waals surface area contributed by atoms with E-state index in [1.54, 1.807) is 0 Å². The van der Waals surface area contributed by atoms with Gasteiger partial charge in [0.1, 0.15) is 0 Å². The first-order valence-corrected chi connectivity index (χ1v) is 5.62. The highest BCUT2D eigenvalue weighted by atomic mass is 16.1. The van der Waals surface area contributed by atoms with Crippen molar-refractivity contribution in [2.45, 2.75) is 26.7 Å². The van der Waals surface area contributed by atoms with Gasteiger partial charge in [-0.1, -0.05) is 6.07 Å². The first-order chi connectivity index (χ1) is 8.11. The molecule has 0 fully saturated rings. The molecule has 0 saturated carbocycles. The summed E-state index contributed by atoms with van der Waals surface area (Å²) in [6.45, 7) is 4.04. The lowest BCUT2D eigenvalue weighted by molar-refractivity contribution is 0.983. The van der Waals surface area contributed by atoms with Gasteiger partial charge in [0.05, 0.1) is 6.07 Å². The number of hydrogen-bond acceptors (Lipinski definition) is 2. The molecule has 1 aromatic heterocycles. The number of aromatic nitrogens is 1. The molecule has 2 aromatic rings. The van der Waals surface area contributed by atoms with E-state index in [1.165, 1.54) is 0 Å². The van der Waals surface area contributed by atoms with Crippen molar-refractivity contribution in [3.8, 4) is 6.07 Å². The van der Waals surface area contributed by atoms with Crippen LogP contribution in [-0.4, -0.2) is 4.98 Å². The van der Waals surface area contributed by atoms with Gasteiger partial charge in [-0.25, -0.2) is 0 Å². The highest BCUT2D eigenvalue weighted by Crippen LogP contribution is 2.18. The van der Waals surface area contributed by atoms with E-state index in [0.717, 1.165) is 22.0 Å². The third-order valence-electron chi connectivity index (χ3n) is 2.90. The second-order valence-corrected chi connectivity index (χ2v) is 4.32. The molecule has 0 aliphatic carbocycles. The topological polar surface area (TPSA) is 56.6 Å². The standard InChI is InChI=1S/C14H14N2O/c1-9-6-10(2)12-8-11(4-3-5-15)14(17)16-13(12)7-9/h6-8H,3-4H2,1-2H3,(H,16,17). The van der Waals surface area contributed by atoms with Crippen molar-refractivity contribution in [1.29, 1.82) is 5.26 Å². The van der Waals surface area contributed by atoms with Crippen LogP contribution in [0.5, 0.6) is 0 Å². The molecule has 1 aromatic carbocycles. The summed E-state index contributed by atoms with van der Waals surface area (Å²) in [5, 5.41) is 9.62. The van der Waals surface area contributed by atoms with E-state index in [-0.39, 0.29) is 5.56 Å². The van der Waals surface area contributed by atoms with Gasteiger partial charge in [-0.15, -0.1) is 0 Å². The van der Waals surface area contributed by atoms with Crippen LogP contribution in [0.25, 0.3) is 10.9 Å². The minimum absolute atomic E-state index is 0.0854. The van der Waals surface area contributed by atoms with Crippen LogP contribution in [0.1, 0.15) is 23.1 Å². The molecule has 0 unspecified atom stereocenters. The second kappa shape index (κ2) is 4.42. The molecular formula is C14H14N2O. The van der Waals surface area contributed by atoms with Gasteiger partial charge in [-0.05, 0) is 43.5 Å². The molecule has 0 radical (unpaired) electrons. The number of aryl methyl sites for hydroxylation is 3. The summed E-state index contributed by atoms with van der Waals surface area (Å²) in [6.07, 6.45) is 0.884. The Morgan fingerprint density at radius 3 is 2.76 bits per heavy atom. The molecule has 1 N–H and O–H groups in total. The molecular weight excluding hydrogens is 212 g/mol. The fraction of sp³-hybridized carbons (Fsp3) is 0.286. The Bertz CT molecular complexity index is 662. The molecule has 0 atom stereocenters. The summed E-state index contributed by atoms with van der Waals surface area (Å²) in [4.78, 5) is 14.7. The molecule has 3 nitrogen and oxygen atoms in total. The van der Waals surface area contributed by atoms with Crippen LogP contribution in [0.3, 0.4) is 0 Å². The molecule has 2 rings (SSSR count). The van der Waals surface area contributed by atoms with E-state index in [1.807, 2.05) is 26.0 Å². The van der Waals surface area contributed by atoms with Crippen LogP contribution in [0, 0.1) is 25.2 Å². The van der Waals surface area contributed by atoms with Gasteiger partial charge in [-0.2, -0.15) is 5.26 Å². The molecule has 1 heterocycles. The normalized spacial score (nSPS) is 10.4. The molecule has 0 spiro atoms. The van der Waals surface area contributed by atoms with E-state index in [2.05, 4.69) is 17.1 Å². The Kier molecular flexibility index (Phi) is 2.97. The maximum Gasteiger partial charge on any atom is 0.251 e. The number of aromatic amines is 1. The van der Waals surface area contributed by atoms with E-state index in [4.69, 9.17) is 5.26 Å². The van der Waals surface area contributed by atoms with Crippen molar-refractivity contribution in [3.05, 3.63) is 45.2 Å². The van der Waals surface area contributed by atoms with Crippen molar-refractivity contribution in [2.75, 3.05) is 0 Å². The Labute approximate surface area is 99.7 Å². The number of hydrogen-bond donors (Lipinski definition) is 1. The minimum Gasteiger partial charge on any atom is -0.322 e. The molecule has 3 heteroatoms. The van der Waals surface area contributed by atoms with Gasteiger partial charge in [0.25, 0.3) is 5.56 Å². The number of pyridine rings is 1. The van der Waals surface area contributed by atoms with Gasteiger partial charge in [-0.3, -0.25) is 4.79 Å². The van der Waals surface area contributed by atoms with Gasteiger partial charge >= 0.3 is 0 Å². The maximum absolute atomic E-state index is 11.8. The number of H-pyrrole nitrogens is 1. The Morgan fingerprint density at radius 1 is 1.29 bits per heavy atom. The SMILES string of the molecule is Cc1cc(C)c2cc(CCC#N)c(=O)[nH]c2c1. The third kappa shape index (κ3) is 2.21. The van der Waals surface area contributed by atoms with E-state index >= 15 is 0 Å². The van der Waals surface area contributed by atoms with Gasteiger partial charge in [0, 0.05) is 22.9 Å². The highest BCUT2D eigenvalue weighted by molar-refractivity contribution is 5.83. The predicted molar refractivity (Wildman–Crippen MR) is 68.0 cm³/mol. The predicted octanol–water partition coefficient (Wildman–Crippen LogP) is 2.60. The van der Waals surface area contributed by atoms with Gasteiger partial charge in [0.15, 0.2) is 0 Å². The summed E-state index contributed by atoms with van der Waals surface area (Å²) in [5.41, 5.74) is 3.75. The zero-order chi connectivity index (χ0) is 12.4. The largest absolute Gasteiger partial charge is 0.322 e. The Morgan fingerprint density at radius 2 is 2.06 bits per heavy atom. The number of rotatable bonds is 2. The van der Waals surface area contributed by atoms with Crippen molar-refractivity contribution in [2.24, 2.45) is 0 Å². The number of nitrogens with zero attached hydrogens (tertiary/aromatic N) is 1. The zero-order valence-electron chi connectivity index (χ0n) is 10.0. The fourth-order valence-electron chi connectivity index (χ4n) is 2.09. The van der Waals surface area contributed by atoms with E-state index in [0.29, 0.717) is 18.4 Å². The molecule has 86 valence electrons. The van der Waals surface area contributed by atoms with Crippen LogP contribution in [-0.2, 0) is 6.42 Å². The highest BCUT2D eigenvalue weighted by Gasteiger charge is 2.05. The molecule has 0 aliphatic heterocycles. The van der Waals surface area contributed by atoms with Crippen molar-refractivity contribution < 1.29 is 0 Å². The Balaban J connectivity index is 2.64. The number of benzene rings is 1. The molecule has 0 saturated heterocycles. The number of nitriles is 1. The monoisotopic (exact) mass is 226 g/mol. The molecule has 0 bridgehead atoms. The van der Waals surface area contributed by atoms with Crippen LogP contribution in [0.4, 0.5) is 0 Å². The summed E-state index contributed by atoms with van der Waals surface area (Å²) < 4.78 is 0. The minimum atomic E-state index is -0.0854. The summed E-state index contributed by atoms with van der Waals surface area (Å²) in [6, 6.07) is 8.03. The van der Waals surface area contributed by atoms with Crippen LogP contribution < -0.4 is 5.56 Å². The number of nitrogens with one attached hydrogen (secondary N) is 1. The lowest BCUT2D eigenvalue weighted by atomic mass is 10.0. The summed E-state index contributed by atoms with van der Waals surface area (Å²) in [5.74, 6) is 0. The van der Waals surface area contributed by atoms with Crippen molar-refractivity contribution in [3.63, 3.8) is 0 Å². The second-order valence-electron chi connectivity index (χ2n) is 4.32. The maximum atomic E-state index is 11.8. The third-order valence-corrected chi connectivity index (χ3v) is 2.90. The van der Waals surface area contributed by atoms with Gasteiger partial charge < -0.3 is 4.98 Å². The summed E-state index contributed by atoms with van der Waals surface area (Å²) in [7, 11) is 0. The van der Waals surface area contributed by atoms with Crippen molar-refractivity contribution >= 4 is 10.9 Å². The Hall–Kier alpha value is -2.08. The quantitative estimate of drug-likeness (QED) is 0.855. The van der Waals surface area contributed by atoms with E-state index < -0.39 is 0 Å². The fourth-order valence-corrected chi connectivity index (χ4v) is 2.09. The first-order valence-electron chi connectivity index (χ1n) is 5.62. The van der Waals surface area contributed by atoms with Crippen molar-refractivity contribution in [1.82, 2.24) is 4.98 Å². The first kappa shape index (κ1) is 11.4. The van der Waals surface area contributed by atoms with Crippen LogP contribution in [0.2, 0.25) is 0 Å². The van der Waals surface area contributed by atoms with Crippen LogP contribution >= 0.6 is 0 Å². The summed E-state index contributed by atoms with van der Waals surface area (Å²) >= 11 is 0. The lowest BCUT2D eigenvalue weighted by Gasteiger charge is -2.06. The average molecular weight is 226 g/mol. The van der Waals surface area contributed by atoms with Crippen LogP contribution in [0.15, 0.2) is 23.0 Å². The lowest BCUT2D eigenvalue weighted by Crippen LogP contribution is -2.12. The molecule has 17 heavy (non-hydrogen) atoms. The molecule has 0 amide bonds. The van der Waals surface area contributed by atoms with E-state index in [9.17, 15) is 4.79 Å². The smallest absolute Gasteiger partial charge is 0.251 e. The average Bonchev–Trinajstić information content (AvgIpc) is 2.26. The molecule has 0 aliphatic rings. The van der Waals surface area contributed by atoms with Gasteiger partial charge in [0.2, 0.25) is 0 Å².